The minimum atomic E-state index is -4.65. The third-order valence-corrected chi connectivity index (χ3v) is 8.49. The predicted molar refractivity (Wildman–Crippen MR) is 182 cm³/mol. The van der Waals surface area contributed by atoms with Gasteiger partial charge in [-0.25, -0.2) is 15.0 Å². The van der Waals surface area contributed by atoms with Crippen LogP contribution < -0.4 is 9.47 Å². The lowest BCUT2D eigenvalue weighted by atomic mass is 10.1. The van der Waals surface area contributed by atoms with Crippen molar-refractivity contribution in [3.05, 3.63) is 145 Å². The largest absolute Gasteiger partial charge is 0.449 e. The normalized spacial score (nSPS) is 12.3. The molecular formula is C40H23F3N4O2. The molecule has 0 amide bonds. The first-order valence-electron chi connectivity index (χ1n) is 15.5. The average Bonchev–Trinajstić information content (AvgIpc) is 3.46. The summed E-state index contributed by atoms with van der Waals surface area (Å²) < 4.78 is 58.3. The maximum Gasteiger partial charge on any atom is 0.416 e. The topological polar surface area (TPSA) is 62.1 Å². The number of rotatable bonds is 4. The molecule has 3 heterocycles. The molecule has 9 heteroatoms. The van der Waals surface area contributed by atoms with Crippen molar-refractivity contribution >= 4 is 21.8 Å². The molecular weight excluding hydrogens is 625 g/mol. The summed E-state index contributed by atoms with van der Waals surface area (Å²) in [5.74, 6) is 2.94. The van der Waals surface area contributed by atoms with Crippen LogP contribution >= 0.6 is 0 Å². The first kappa shape index (κ1) is 28.7. The molecule has 8 aromatic rings. The van der Waals surface area contributed by atoms with Crippen LogP contribution in [0.2, 0.25) is 0 Å². The average molecular weight is 649 g/mol. The molecule has 0 atom stereocenters. The molecule has 1 aliphatic rings. The zero-order valence-corrected chi connectivity index (χ0v) is 25.5. The van der Waals surface area contributed by atoms with Crippen molar-refractivity contribution in [1.29, 1.82) is 0 Å². The molecule has 0 bridgehead atoms. The van der Waals surface area contributed by atoms with Crippen LogP contribution in [0, 0.1) is 0 Å². The van der Waals surface area contributed by atoms with E-state index < -0.39 is 11.7 Å². The number of alkyl halides is 3. The Morgan fingerprint density at radius 2 is 0.980 bits per heavy atom. The third kappa shape index (κ3) is 5.03. The Bertz CT molecular complexity index is 2490. The van der Waals surface area contributed by atoms with Crippen molar-refractivity contribution in [2.45, 2.75) is 6.18 Å². The summed E-state index contributed by atoms with van der Waals surface area (Å²) in [6, 6.07) is 41.1. The van der Waals surface area contributed by atoms with Gasteiger partial charge in [0.05, 0.1) is 16.6 Å². The van der Waals surface area contributed by atoms with E-state index in [1.165, 1.54) is 0 Å². The van der Waals surface area contributed by atoms with E-state index in [-0.39, 0.29) is 17.1 Å². The van der Waals surface area contributed by atoms with Crippen molar-refractivity contribution in [1.82, 2.24) is 19.5 Å². The maximum atomic E-state index is 14.7. The highest BCUT2D eigenvalue weighted by Crippen LogP contribution is 2.48. The van der Waals surface area contributed by atoms with Gasteiger partial charge in [0.2, 0.25) is 0 Å². The van der Waals surface area contributed by atoms with Crippen molar-refractivity contribution in [2.75, 3.05) is 0 Å². The minimum Gasteiger partial charge on any atom is -0.449 e. The van der Waals surface area contributed by atoms with Gasteiger partial charge >= 0.3 is 6.18 Å². The third-order valence-electron chi connectivity index (χ3n) is 8.49. The first-order chi connectivity index (χ1) is 23.9. The van der Waals surface area contributed by atoms with Gasteiger partial charge in [-0.05, 0) is 42.5 Å². The molecule has 49 heavy (non-hydrogen) atoms. The second kappa shape index (κ2) is 11.1. The zero-order chi connectivity index (χ0) is 33.1. The summed E-state index contributed by atoms with van der Waals surface area (Å²) in [5.41, 5.74) is 2.44. The van der Waals surface area contributed by atoms with E-state index in [1.54, 1.807) is 12.1 Å². The van der Waals surface area contributed by atoms with E-state index >= 15 is 0 Å². The van der Waals surface area contributed by atoms with Crippen molar-refractivity contribution < 1.29 is 22.6 Å². The Balaban J connectivity index is 1.29. The van der Waals surface area contributed by atoms with Crippen LogP contribution in [0.1, 0.15) is 5.56 Å². The number of aromatic nitrogens is 4. The van der Waals surface area contributed by atoms with Crippen LogP contribution in [0.5, 0.6) is 23.0 Å². The Kier molecular flexibility index (Phi) is 6.48. The summed E-state index contributed by atoms with van der Waals surface area (Å²) in [6.07, 6.45) is -4.65. The lowest BCUT2D eigenvalue weighted by molar-refractivity contribution is -0.137. The lowest BCUT2D eigenvalue weighted by Gasteiger charge is -2.21. The monoisotopic (exact) mass is 648 g/mol. The van der Waals surface area contributed by atoms with Gasteiger partial charge in [0.15, 0.2) is 40.5 Å². The number of hydrogen-bond donors (Lipinski definition) is 0. The van der Waals surface area contributed by atoms with Crippen molar-refractivity contribution in [2.24, 2.45) is 0 Å². The van der Waals surface area contributed by atoms with E-state index in [0.29, 0.717) is 56.8 Å². The van der Waals surface area contributed by atoms with Crippen LogP contribution in [-0.2, 0) is 6.18 Å². The molecule has 9 rings (SSSR count). The first-order valence-corrected chi connectivity index (χ1v) is 15.5. The lowest BCUT2D eigenvalue weighted by Crippen LogP contribution is -2.08. The number of nitrogens with zero attached hydrogens (tertiary/aromatic N) is 4. The fourth-order valence-corrected chi connectivity index (χ4v) is 6.24. The van der Waals surface area contributed by atoms with Crippen LogP contribution in [0.4, 0.5) is 13.2 Å². The van der Waals surface area contributed by atoms with Crippen LogP contribution in [0.3, 0.4) is 0 Å². The number of ether oxygens (including phenoxy) is 2. The highest BCUT2D eigenvalue weighted by atomic mass is 19.4. The zero-order valence-electron chi connectivity index (χ0n) is 25.5. The standard InChI is InChI=1S/C40H23F3N4O2/c41-40(42,43)27-19-26(39-45-37(24-11-3-1-4-12-24)44-38(46-39)25-13-5-2-6-14-25)20-28(21-27)47-31-16-8-7-15-29(31)30-22-35-36(23-32(30)47)49-34-18-10-9-17-33(34)48-35/h1-23H. The number of halogens is 3. The van der Waals surface area contributed by atoms with Crippen LogP contribution in [0.15, 0.2) is 140 Å². The molecule has 0 radical (unpaired) electrons. The maximum absolute atomic E-state index is 14.7. The molecule has 0 spiro atoms. The molecule has 2 aromatic heterocycles. The number of fused-ring (bicyclic) bond motifs is 5. The van der Waals surface area contributed by atoms with Gasteiger partial charge in [-0.1, -0.05) is 91.0 Å². The van der Waals surface area contributed by atoms with E-state index in [0.717, 1.165) is 22.9 Å². The highest BCUT2D eigenvalue weighted by Gasteiger charge is 2.32. The Morgan fingerprint density at radius 3 is 1.59 bits per heavy atom. The summed E-state index contributed by atoms with van der Waals surface area (Å²) in [5, 5.41) is 1.65. The highest BCUT2D eigenvalue weighted by molar-refractivity contribution is 6.10. The SMILES string of the molecule is FC(F)(F)c1cc(-c2nc(-c3ccccc3)nc(-c3ccccc3)n2)cc(-n2c3ccccc3c3cc4c(cc32)Oc2ccccc2O4)c1. The van der Waals surface area contributed by atoms with Crippen molar-refractivity contribution in [3.63, 3.8) is 0 Å². The van der Waals surface area contributed by atoms with Gasteiger partial charge in [0.25, 0.3) is 0 Å². The Morgan fingerprint density at radius 1 is 0.449 bits per heavy atom. The Labute approximate surface area is 277 Å². The number of hydrogen-bond acceptors (Lipinski definition) is 5. The second-order valence-corrected chi connectivity index (χ2v) is 11.6. The molecule has 0 N–H and O–H groups in total. The van der Waals surface area contributed by atoms with E-state index in [2.05, 4.69) is 0 Å². The van der Waals surface area contributed by atoms with Gasteiger partial charge in [0, 0.05) is 39.2 Å². The summed E-state index contributed by atoms with van der Waals surface area (Å²) in [7, 11) is 0. The predicted octanol–water partition coefficient (Wildman–Crippen LogP) is 10.9. The fourth-order valence-electron chi connectivity index (χ4n) is 6.24. The molecule has 6 nitrogen and oxygen atoms in total. The number of benzene rings is 6. The van der Waals surface area contributed by atoms with E-state index in [9.17, 15) is 13.2 Å². The molecule has 0 aliphatic carbocycles. The van der Waals surface area contributed by atoms with Gasteiger partial charge in [-0.3, -0.25) is 0 Å². The van der Waals surface area contributed by atoms with Gasteiger partial charge in [-0.15, -0.1) is 0 Å². The van der Waals surface area contributed by atoms with E-state index in [4.69, 9.17) is 24.4 Å². The summed E-state index contributed by atoms with van der Waals surface area (Å²) in [4.78, 5) is 14.1. The van der Waals surface area contributed by atoms with Gasteiger partial charge in [-0.2, -0.15) is 13.2 Å². The smallest absolute Gasteiger partial charge is 0.416 e. The minimum absolute atomic E-state index is 0.117. The molecule has 0 saturated heterocycles. The van der Waals surface area contributed by atoms with Crippen LogP contribution in [0.25, 0.3) is 61.7 Å². The van der Waals surface area contributed by atoms with E-state index in [1.807, 2.05) is 120 Å². The van der Waals surface area contributed by atoms with Gasteiger partial charge < -0.3 is 14.0 Å². The summed E-state index contributed by atoms with van der Waals surface area (Å²) >= 11 is 0. The fraction of sp³-hybridized carbons (Fsp3) is 0.0250. The van der Waals surface area contributed by atoms with Crippen LogP contribution in [-0.4, -0.2) is 19.5 Å². The summed E-state index contributed by atoms with van der Waals surface area (Å²) in [6.45, 7) is 0. The Hall–Kier alpha value is -6.48. The number of para-hydroxylation sites is 3. The van der Waals surface area contributed by atoms with Gasteiger partial charge in [0.1, 0.15) is 0 Å². The van der Waals surface area contributed by atoms with Crippen molar-refractivity contribution in [3.8, 4) is 62.8 Å². The molecule has 1 aliphatic heterocycles. The second-order valence-electron chi connectivity index (χ2n) is 11.6. The molecule has 6 aromatic carbocycles. The molecule has 0 saturated carbocycles. The molecule has 0 unspecified atom stereocenters. The quantitative estimate of drug-likeness (QED) is 0.190. The molecule has 236 valence electrons. The molecule has 0 fully saturated rings.